The maximum Gasteiger partial charge on any atom is 0.430 e. The Bertz CT molecular complexity index is 1450. The first-order valence-electron chi connectivity index (χ1n) is 12.2. The monoisotopic (exact) mass is 676 g/mol. The van der Waals surface area contributed by atoms with Gasteiger partial charge in [0.1, 0.15) is 18.1 Å². The second-order valence-electron chi connectivity index (χ2n) is 8.97. The summed E-state index contributed by atoms with van der Waals surface area (Å²) < 4.78 is 160. The zero-order chi connectivity index (χ0) is 33.0. The molecule has 3 aromatic rings. The van der Waals surface area contributed by atoms with Crippen LogP contribution in [0.15, 0.2) is 93.5 Å². The maximum absolute atomic E-state index is 13.7. The summed E-state index contributed by atoms with van der Waals surface area (Å²) >= 11 is 0. The van der Waals surface area contributed by atoms with E-state index in [9.17, 15) is 48.1 Å². The lowest BCUT2D eigenvalue weighted by molar-refractivity contribution is -0.410. The normalized spacial score (nSPS) is 14.6. The van der Waals surface area contributed by atoms with Crippen LogP contribution in [0.3, 0.4) is 0 Å². The van der Waals surface area contributed by atoms with Crippen LogP contribution in [0.2, 0.25) is 0 Å². The molecule has 3 aromatic carbocycles. The molecule has 0 aliphatic heterocycles. The maximum atomic E-state index is 13.7. The molecule has 44 heavy (non-hydrogen) atoms. The van der Waals surface area contributed by atoms with Crippen molar-refractivity contribution in [2.75, 3.05) is 20.3 Å². The lowest BCUT2D eigenvalue weighted by atomic mass is 10.0. The van der Waals surface area contributed by atoms with E-state index in [4.69, 9.17) is 9.47 Å². The van der Waals surface area contributed by atoms with Crippen molar-refractivity contribution in [1.29, 1.82) is 0 Å². The first-order valence-corrected chi connectivity index (χ1v) is 14.9. The van der Waals surface area contributed by atoms with Gasteiger partial charge in [0.2, 0.25) is 0 Å². The Morgan fingerprint density at radius 3 is 1.50 bits per heavy atom. The third-order valence-corrected chi connectivity index (χ3v) is 9.01. The van der Waals surface area contributed by atoms with Gasteiger partial charge in [-0.3, -0.25) is 0 Å². The van der Waals surface area contributed by atoms with E-state index < -0.39 is 63.7 Å². The number of methoxy groups -OCH3 is 1. The van der Waals surface area contributed by atoms with E-state index in [0.717, 1.165) is 18.9 Å². The predicted octanol–water partition coefficient (Wildman–Crippen LogP) is 6.55. The zero-order valence-corrected chi connectivity index (χ0v) is 24.3. The summed E-state index contributed by atoms with van der Waals surface area (Å²) in [5.41, 5.74) is -4.69. The van der Waals surface area contributed by atoms with Crippen LogP contribution in [-0.4, -0.2) is 62.8 Å². The number of halogens is 8. The zero-order valence-electron chi connectivity index (χ0n) is 22.7. The van der Waals surface area contributed by atoms with Gasteiger partial charge >= 0.3 is 17.6 Å². The van der Waals surface area contributed by atoms with Crippen LogP contribution < -0.4 is 9.47 Å². The van der Waals surface area contributed by atoms with Crippen molar-refractivity contribution in [3.63, 3.8) is 0 Å². The third-order valence-electron chi connectivity index (χ3n) is 5.93. The van der Waals surface area contributed by atoms with Gasteiger partial charge in [-0.25, -0.2) is 8.42 Å². The number of ether oxygens (including phenoxy) is 4. The quantitative estimate of drug-likeness (QED) is 0.0878. The summed E-state index contributed by atoms with van der Waals surface area (Å²) in [4.78, 5) is 1.85. The van der Waals surface area contributed by atoms with Gasteiger partial charge in [-0.1, -0.05) is 18.2 Å². The fourth-order valence-corrected chi connectivity index (χ4v) is 5.82. The SMILES string of the molecule is COC(C)OC(COc1ccc([S+](c2ccccc2)c2ccc(OCC(F)(F)S(=O)(=O)[O-])cc2)cc1)(C(F)(F)F)C(F)(F)F. The standard InChI is InChI=1S/C27H24F8O7S2/c1-18(39-2)42-24(26(30,31)32,27(33,34)35)16-40-19-8-12-22(13-9-19)43(21-6-4-3-5-7-21)23-14-10-20(11-15-23)41-17-25(28,29)44(36,37)38/h3-15,18H,16-17H2,1-2H3. The Kier molecular flexibility index (Phi) is 10.8. The average molecular weight is 677 g/mol. The van der Waals surface area contributed by atoms with Crippen molar-refractivity contribution in [2.45, 2.75) is 51.1 Å². The fraction of sp³-hybridized carbons (Fsp3) is 0.333. The van der Waals surface area contributed by atoms with Crippen molar-refractivity contribution in [3.05, 3.63) is 78.9 Å². The van der Waals surface area contributed by atoms with E-state index in [1.807, 2.05) is 0 Å². The lowest BCUT2D eigenvalue weighted by Gasteiger charge is -2.38. The summed E-state index contributed by atoms with van der Waals surface area (Å²) in [5, 5.41) is -4.65. The van der Waals surface area contributed by atoms with Crippen LogP contribution in [0, 0.1) is 0 Å². The molecule has 0 N–H and O–H groups in total. The van der Waals surface area contributed by atoms with Crippen molar-refractivity contribution in [3.8, 4) is 11.5 Å². The highest BCUT2D eigenvalue weighted by atomic mass is 32.2. The van der Waals surface area contributed by atoms with Crippen LogP contribution in [0.5, 0.6) is 11.5 Å². The van der Waals surface area contributed by atoms with E-state index in [1.54, 1.807) is 30.3 Å². The highest BCUT2D eigenvalue weighted by molar-refractivity contribution is 7.97. The van der Waals surface area contributed by atoms with Gasteiger partial charge in [0, 0.05) is 7.11 Å². The summed E-state index contributed by atoms with van der Waals surface area (Å²) in [6, 6.07) is 19.4. The Morgan fingerprint density at radius 1 is 0.705 bits per heavy atom. The first kappa shape index (κ1) is 35.4. The molecule has 0 saturated heterocycles. The molecule has 0 aliphatic carbocycles. The van der Waals surface area contributed by atoms with Crippen molar-refractivity contribution < 1.29 is 67.0 Å². The molecule has 0 saturated carbocycles. The second kappa shape index (κ2) is 13.5. The van der Waals surface area contributed by atoms with Gasteiger partial charge in [0.05, 0.1) is 10.9 Å². The number of rotatable bonds is 13. The molecule has 0 amide bonds. The fourth-order valence-electron chi connectivity index (χ4n) is 3.56. The molecular formula is C27H24F8O7S2. The lowest BCUT2D eigenvalue weighted by Crippen LogP contribution is -2.63. The third kappa shape index (κ3) is 8.12. The van der Waals surface area contributed by atoms with Gasteiger partial charge in [-0.2, -0.15) is 35.1 Å². The Labute approximate surface area is 249 Å². The Morgan fingerprint density at radius 2 is 1.11 bits per heavy atom. The van der Waals surface area contributed by atoms with Crippen molar-refractivity contribution >= 4 is 21.0 Å². The Hall–Kier alpha value is -3.12. The van der Waals surface area contributed by atoms with Gasteiger partial charge in [0.15, 0.2) is 37.7 Å². The molecule has 0 bridgehead atoms. The molecule has 2 atom stereocenters. The Balaban J connectivity index is 1.88. The summed E-state index contributed by atoms with van der Waals surface area (Å²) in [6.07, 6.45) is -13.7. The molecule has 7 nitrogen and oxygen atoms in total. The molecule has 0 heterocycles. The number of benzene rings is 3. The van der Waals surface area contributed by atoms with Crippen LogP contribution in [0.4, 0.5) is 35.1 Å². The molecule has 17 heteroatoms. The van der Waals surface area contributed by atoms with Crippen LogP contribution >= 0.6 is 0 Å². The number of alkyl halides is 8. The highest BCUT2D eigenvalue weighted by Crippen LogP contribution is 2.47. The second-order valence-corrected chi connectivity index (χ2v) is 12.5. The summed E-state index contributed by atoms with van der Waals surface area (Å²) in [5.74, 6) is -0.491. The van der Waals surface area contributed by atoms with E-state index in [2.05, 4.69) is 9.47 Å². The smallest absolute Gasteiger partial charge is 0.430 e. The van der Waals surface area contributed by atoms with Crippen LogP contribution in [0.25, 0.3) is 0 Å². The minimum atomic E-state index is -5.94. The van der Waals surface area contributed by atoms with Gasteiger partial charge in [-0.05, 0) is 67.6 Å². The highest BCUT2D eigenvalue weighted by Gasteiger charge is 2.74. The summed E-state index contributed by atoms with van der Waals surface area (Å²) in [6.45, 7) is -2.79. The number of hydrogen-bond donors (Lipinski definition) is 0. The van der Waals surface area contributed by atoms with Crippen molar-refractivity contribution in [1.82, 2.24) is 0 Å². The molecule has 2 unspecified atom stereocenters. The minimum Gasteiger partial charge on any atom is -0.743 e. The minimum absolute atomic E-state index is 0.166. The first-order chi connectivity index (χ1) is 20.3. The van der Waals surface area contributed by atoms with E-state index in [-0.39, 0.29) is 11.5 Å². The molecular weight excluding hydrogens is 652 g/mol. The number of hydrogen-bond acceptors (Lipinski definition) is 7. The molecule has 3 rings (SSSR count). The molecule has 0 radical (unpaired) electrons. The topological polar surface area (TPSA) is 94.1 Å². The van der Waals surface area contributed by atoms with E-state index >= 15 is 0 Å². The van der Waals surface area contributed by atoms with E-state index in [0.29, 0.717) is 9.79 Å². The average Bonchev–Trinajstić information content (AvgIpc) is 2.94. The van der Waals surface area contributed by atoms with Gasteiger partial charge in [-0.15, -0.1) is 0 Å². The largest absolute Gasteiger partial charge is 0.743 e. The predicted molar refractivity (Wildman–Crippen MR) is 140 cm³/mol. The molecule has 0 aromatic heterocycles. The molecule has 0 aliphatic rings. The van der Waals surface area contributed by atoms with Crippen molar-refractivity contribution in [2.24, 2.45) is 0 Å². The molecule has 242 valence electrons. The van der Waals surface area contributed by atoms with E-state index in [1.165, 1.54) is 48.5 Å². The van der Waals surface area contributed by atoms with Gasteiger partial charge < -0.3 is 23.5 Å². The van der Waals surface area contributed by atoms with Crippen LogP contribution in [0.1, 0.15) is 6.92 Å². The summed E-state index contributed by atoms with van der Waals surface area (Å²) in [7, 11) is -5.99. The van der Waals surface area contributed by atoms with Gasteiger partial charge in [0.25, 0.3) is 5.60 Å². The molecule has 0 spiro atoms. The molecule has 0 fully saturated rings. The van der Waals surface area contributed by atoms with Crippen LogP contribution in [-0.2, 0) is 30.5 Å².